The van der Waals surface area contributed by atoms with E-state index in [1.807, 2.05) is 13.0 Å². The van der Waals surface area contributed by atoms with Crippen molar-refractivity contribution in [3.8, 4) is 0 Å². The zero-order valence-electron chi connectivity index (χ0n) is 14.2. The van der Waals surface area contributed by atoms with E-state index >= 15 is 0 Å². The van der Waals surface area contributed by atoms with Crippen molar-refractivity contribution in [2.24, 2.45) is 0 Å². The van der Waals surface area contributed by atoms with Crippen molar-refractivity contribution in [3.05, 3.63) is 47.2 Å². The fourth-order valence-electron chi connectivity index (χ4n) is 3.12. The van der Waals surface area contributed by atoms with Crippen molar-refractivity contribution in [3.63, 3.8) is 0 Å². The van der Waals surface area contributed by atoms with Crippen LogP contribution in [0.2, 0.25) is 0 Å². The number of aromatic nitrogens is 2. The number of nitrogens with one attached hydrogen (secondary N) is 1. The predicted molar refractivity (Wildman–Crippen MR) is 94.2 cm³/mol. The van der Waals surface area contributed by atoms with Crippen LogP contribution in [0.4, 0.5) is 5.82 Å². The van der Waals surface area contributed by atoms with Gasteiger partial charge in [0.2, 0.25) is 5.91 Å². The molecule has 1 saturated heterocycles. The number of hydrogen-bond acceptors (Lipinski definition) is 4. The van der Waals surface area contributed by atoms with Crippen molar-refractivity contribution in [2.75, 3.05) is 18.8 Å². The summed E-state index contributed by atoms with van der Waals surface area (Å²) in [6, 6.07) is 10.2. The zero-order valence-corrected chi connectivity index (χ0v) is 14.2. The minimum absolute atomic E-state index is 0.0882. The number of aryl methyl sites for hydroxylation is 1. The highest BCUT2D eigenvalue weighted by molar-refractivity contribution is 5.76. The SMILES string of the molecule is Cc1cc(N)n(CC(=O)NCc2cccc(CN3CCCC3)c2)n1. The lowest BCUT2D eigenvalue weighted by Crippen LogP contribution is -2.28. The average molecular weight is 327 g/mol. The van der Waals surface area contributed by atoms with E-state index in [1.165, 1.54) is 36.2 Å². The minimum atomic E-state index is -0.0882. The summed E-state index contributed by atoms with van der Waals surface area (Å²) in [5, 5.41) is 7.14. The summed E-state index contributed by atoms with van der Waals surface area (Å²) < 4.78 is 1.52. The van der Waals surface area contributed by atoms with E-state index in [9.17, 15) is 4.79 Å². The standard InChI is InChI=1S/C18H25N5O/c1-14-9-17(19)23(21-14)13-18(24)20-11-15-5-4-6-16(10-15)12-22-7-2-3-8-22/h4-6,9-10H,2-3,7-8,11-13,19H2,1H3,(H,20,24). The highest BCUT2D eigenvalue weighted by Gasteiger charge is 2.12. The fourth-order valence-corrected chi connectivity index (χ4v) is 3.12. The van der Waals surface area contributed by atoms with Gasteiger partial charge in [-0.05, 0) is 44.0 Å². The van der Waals surface area contributed by atoms with Crippen LogP contribution in [0.15, 0.2) is 30.3 Å². The first kappa shape index (κ1) is 16.5. The first-order valence-corrected chi connectivity index (χ1v) is 8.47. The van der Waals surface area contributed by atoms with Gasteiger partial charge in [-0.3, -0.25) is 9.69 Å². The monoisotopic (exact) mass is 327 g/mol. The molecule has 3 rings (SSSR count). The van der Waals surface area contributed by atoms with Gasteiger partial charge in [0.1, 0.15) is 12.4 Å². The average Bonchev–Trinajstić information content (AvgIpc) is 3.16. The topological polar surface area (TPSA) is 76.2 Å². The number of carbonyl (C=O) groups excluding carboxylic acids is 1. The molecular formula is C18H25N5O. The van der Waals surface area contributed by atoms with Crippen molar-refractivity contribution < 1.29 is 4.79 Å². The molecule has 1 aromatic carbocycles. The third-order valence-electron chi connectivity index (χ3n) is 4.31. The van der Waals surface area contributed by atoms with Gasteiger partial charge in [-0.1, -0.05) is 24.3 Å². The highest BCUT2D eigenvalue weighted by Crippen LogP contribution is 2.14. The number of benzene rings is 1. The van der Waals surface area contributed by atoms with Crippen molar-refractivity contribution >= 4 is 11.7 Å². The third kappa shape index (κ3) is 4.35. The maximum atomic E-state index is 12.1. The summed E-state index contributed by atoms with van der Waals surface area (Å²) in [5.41, 5.74) is 9.04. The van der Waals surface area contributed by atoms with Gasteiger partial charge in [0.05, 0.1) is 5.69 Å². The molecular weight excluding hydrogens is 302 g/mol. The second kappa shape index (κ2) is 7.49. The number of hydrogen-bond donors (Lipinski definition) is 2. The molecule has 6 nitrogen and oxygen atoms in total. The van der Waals surface area contributed by atoms with E-state index in [0.717, 1.165) is 17.8 Å². The van der Waals surface area contributed by atoms with Gasteiger partial charge < -0.3 is 11.1 Å². The summed E-state index contributed by atoms with van der Waals surface area (Å²) >= 11 is 0. The molecule has 1 aromatic heterocycles. The Morgan fingerprint density at radius 1 is 1.25 bits per heavy atom. The molecule has 1 fully saturated rings. The van der Waals surface area contributed by atoms with E-state index in [2.05, 4.69) is 33.5 Å². The van der Waals surface area contributed by atoms with Gasteiger partial charge in [-0.15, -0.1) is 0 Å². The van der Waals surface area contributed by atoms with E-state index in [1.54, 1.807) is 6.07 Å². The molecule has 1 amide bonds. The van der Waals surface area contributed by atoms with E-state index in [-0.39, 0.29) is 12.5 Å². The van der Waals surface area contributed by atoms with Crippen LogP contribution in [-0.4, -0.2) is 33.7 Å². The van der Waals surface area contributed by atoms with Crippen LogP contribution in [0.3, 0.4) is 0 Å². The molecule has 0 saturated carbocycles. The van der Waals surface area contributed by atoms with Gasteiger partial charge in [-0.25, -0.2) is 4.68 Å². The Hall–Kier alpha value is -2.34. The molecule has 0 bridgehead atoms. The fraction of sp³-hybridized carbons (Fsp3) is 0.444. The van der Waals surface area contributed by atoms with E-state index < -0.39 is 0 Å². The lowest BCUT2D eigenvalue weighted by atomic mass is 10.1. The molecule has 2 heterocycles. The minimum Gasteiger partial charge on any atom is -0.384 e. The molecule has 0 atom stereocenters. The maximum Gasteiger partial charge on any atom is 0.242 e. The molecule has 2 aromatic rings. The molecule has 0 radical (unpaired) electrons. The highest BCUT2D eigenvalue weighted by atomic mass is 16.2. The number of amides is 1. The summed E-state index contributed by atoms with van der Waals surface area (Å²) in [4.78, 5) is 14.5. The van der Waals surface area contributed by atoms with Crippen LogP contribution in [0, 0.1) is 6.92 Å². The summed E-state index contributed by atoms with van der Waals surface area (Å²) in [6.45, 7) is 5.89. The molecule has 24 heavy (non-hydrogen) atoms. The normalized spacial score (nSPS) is 14.9. The molecule has 0 unspecified atom stereocenters. The van der Waals surface area contributed by atoms with Gasteiger partial charge in [-0.2, -0.15) is 5.10 Å². The number of likely N-dealkylation sites (tertiary alicyclic amines) is 1. The van der Waals surface area contributed by atoms with Crippen molar-refractivity contribution in [1.29, 1.82) is 0 Å². The molecule has 0 aliphatic carbocycles. The molecule has 1 aliphatic heterocycles. The third-order valence-corrected chi connectivity index (χ3v) is 4.31. The summed E-state index contributed by atoms with van der Waals surface area (Å²) in [5.74, 6) is 0.421. The first-order chi connectivity index (χ1) is 11.6. The van der Waals surface area contributed by atoms with Crippen LogP contribution in [0.25, 0.3) is 0 Å². The van der Waals surface area contributed by atoms with E-state index in [4.69, 9.17) is 5.73 Å². The number of nitrogens with two attached hydrogens (primary N) is 1. The summed E-state index contributed by atoms with van der Waals surface area (Å²) in [6.07, 6.45) is 2.59. The van der Waals surface area contributed by atoms with Crippen LogP contribution >= 0.6 is 0 Å². The van der Waals surface area contributed by atoms with Gasteiger partial charge in [0, 0.05) is 19.2 Å². The molecule has 6 heteroatoms. The Balaban J connectivity index is 1.52. The predicted octanol–water partition coefficient (Wildman–Crippen LogP) is 1.69. The van der Waals surface area contributed by atoms with Crippen LogP contribution in [0.5, 0.6) is 0 Å². The largest absolute Gasteiger partial charge is 0.384 e. The van der Waals surface area contributed by atoms with Gasteiger partial charge in [0.25, 0.3) is 0 Å². The van der Waals surface area contributed by atoms with Crippen LogP contribution < -0.4 is 11.1 Å². The second-order valence-electron chi connectivity index (χ2n) is 6.45. The number of anilines is 1. The first-order valence-electron chi connectivity index (χ1n) is 8.47. The van der Waals surface area contributed by atoms with Crippen LogP contribution in [-0.2, 0) is 24.4 Å². The number of nitrogen functional groups attached to an aromatic ring is 1. The van der Waals surface area contributed by atoms with Gasteiger partial charge in [0.15, 0.2) is 0 Å². The quantitative estimate of drug-likeness (QED) is 0.846. The Morgan fingerprint density at radius 3 is 2.71 bits per heavy atom. The number of nitrogens with zero attached hydrogens (tertiary/aromatic N) is 3. The summed E-state index contributed by atoms with van der Waals surface area (Å²) in [7, 11) is 0. The Labute approximate surface area is 142 Å². The van der Waals surface area contributed by atoms with Crippen LogP contribution in [0.1, 0.15) is 29.7 Å². The lowest BCUT2D eigenvalue weighted by molar-refractivity contribution is -0.122. The molecule has 3 N–H and O–H groups in total. The molecule has 128 valence electrons. The lowest BCUT2D eigenvalue weighted by Gasteiger charge is -2.15. The Bertz CT molecular complexity index is 703. The number of rotatable bonds is 6. The van der Waals surface area contributed by atoms with Crippen molar-refractivity contribution in [2.45, 2.75) is 39.4 Å². The molecule has 1 aliphatic rings. The maximum absolute atomic E-state index is 12.1. The zero-order chi connectivity index (χ0) is 16.9. The second-order valence-corrected chi connectivity index (χ2v) is 6.45. The number of carbonyl (C=O) groups is 1. The Kier molecular flexibility index (Phi) is 5.15. The van der Waals surface area contributed by atoms with E-state index in [0.29, 0.717) is 12.4 Å². The smallest absolute Gasteiger partial charge is 0.242 e. The Morgan fingerprint density at radius 2 is 2.00 bits per heavy atom. The van der Waals surface area contributed by atoms with Crippen molar-refractivity contribution in [1.82, 2.24) is 20.0 Å². The van der Waals surface area contributed by atoms with Gasteiger partial charge >= 0.3 is 0 Å². The molecule has 0 spiro atoms.